The molecular weight excluding hydrogens is 258 g/mol. The second-order valence-electron chi connectivity index (χ2n) is 6.03. The zero-order valence-corrected chi connectivity index (χ0v) is 12.9. The van der Waals surface area contributed by atoms with Gasteiger partial charge in [0, 0.05) is 18.5 Å². The fraction of sp³-hybridized carbons (Fsp3) is 0.800. The van der Waals surface area contributed by atoms with Crippen LogP contribution < -0.4 is 5.32 Å². The normalized spacial score (nSPS) is 18.7. The molecule has 0 spiro atoms. The standard InChI is InChI=1S/C15H26ClN3/c1-3-4-8-13-18-12(14(16)19-13)11-17-15(2)9-6-5-7-10-15/h17H,3-11H2,1-2H3,(H,18,19). The summed E-state index contributed by atoms with van der Waals surface area (Å²) in [6.45, 7) is 5.32. The number of hydrogen-bond donors (Lipinski definition) is 2. The first-order chi connectivity index (χ1) is 9.13. The molecule has 1 heterocycles. The predicted octanol–water partition coefficient (Wildman–Crippen LogP) is 4.22. The number of H-pyrrole nitrogens is 1. The zero-order valence-electron chi connectivity index (χ0n) is 12.2. The van der Waals surface area contributed by atoms with Crippen LogP contribution >= 0.6 is 11.6 Å². The molecule has 0 amide bonds. The summed E-state index contributed by atoms with van der Waals surface area (Å²) in [6.07, 6.45) is 9.92. The Bertz CT molecular complexity index is 394. The van der Waals surface area contributed by atoms with Crippen molar-refractivity contribution in [2.24, 2.45) is 0 Å². The van der Waals surface area contributed by atoms with Gasteiger partial charge in [-0.15, -0.1) is 0 Å². The van der Waals surface area contributed by atoms with E-state index >= 15 is 0 Å². The number of halogens is 1. The summed E-state index contributed by atoms with van der Waals surface area (Å²) in [5.74, 6) is 1.03. The molecule has 0 radical (unpaired) electrons. The largest absolute Gasteiger partial charge is 0.344 e. The van der Waals surface area contributed by atoms with Crippen molar-refractivity contribution in [2.45, 2.75) is 77.3 Å². The summed E-state index contributed by atoms with van der Waals surface area (Å²) in [7, 11) is 0. The molecule has 2 rings (SSSR count). The Morgan fingerprint density at radius 1 is 1.32 bits per heavy atom. The summed E-state index contributed by atoms with van der Waals surface area (Å²) < 4.78 is 0. The van der Waals surface area contributed by atoms with Gasteiger partial charge in [-0.1, -0.05) is 44.2 Å². The lowest BCUT2D eigenvalue weighted by Gasteiger charge is -2.34. The molecule has 0 atom stereocenters. The summed E-state index contributed by atoms with van der Waals surface area (Å²) in [5.41, 5.74) is 1.32. The molecule has 2 N–H and O–H groups in total. The molecule has 3 nitrogen and oxygen atoms in total. The lowest BCUT2D eigenvalue weighted by Crippen LogP contribution is -2.43. The molecule has 4 heteroatoms. The van der Waals surface area contributed by atoms with Gasteiger partial charge in [0.25, 0.3) is 0 Å². The highest BCUT2D eigenvalue weighted by Gasteiger charge is 2.26. The Morgan fingerprint density at radius 2 is 2.05 bits per heavy atom. The summed E-state index contributed by atoms with van der Waals surface area (Å²) in [4.78, 5) is 7.77. The van der Waals surface area contributed by atoms with Gasteiger partial charge < -0.3 is 10.3 Å². The maximum atomic E-state index is 6.20. The zero-order chi connectivity index (χ0) is 13.7. The molecule has 0 bridgehead atoms. The fourth-order valence-corrected chi connectivity index (χ4v) is 3.05. The first-order valence-corrected chi connectivity index (χ1v) is 7.99. The minimum Gasteiger partial charge on any atom is -0.344 e. The molecule has 0 saturated heterocycles. The van der Waals surface area contributed by atoms with E-state index in [0.717, 1.165) is 30.9 Å². The van der Waals surface area contributed by atoms with E-state index in [1.165, 1.54) is 38.5 Å². The number of aromatic amines is 1. The number of aryl methyl sites for hydroxylation is 1. The van der Waals surface area contributed by atoms with E-state index in [1.54, 1.807) is 0 Å². The van der Waals surface area contributed by atoms with E-state index in [4.69, 9.17) is 11.6 Å². The van der Waals surface area contributed by atoms with Crippen molar-refractivity contribution in [3.05, 3.63) is 16.7 Å². The molecule has 0 unspecified atom stereocenters. The molecule has 1 aliphatic rings. The van der Waals surface area contributed by atoms with Crippen molar-refractivity contribution in [3.8, 4) is 0 Å². The third kappa shape index (κ3) is 4.22. The minimum atomic E-state index is 0.274. The van der Waals surface area contributed by atoms with Crippen LogP contribution in [0.4, 0.5) is 0 Å². The molecule has 108 valence electrons. The Labute approximate surface area is 121 Å². The molecule has 0 aliphatic heterocycles. The van der Waals surface area contributed by atoms with E-state index in [-0.39, 0.29) is 5.54 Å². The second-order valence-corrected chi connectivity index (χ2v) is 6.39. The molecule has 1 aromatic heterocycles. The number of aromatic nitrogens is 2. The minimum absolute atomic E-state index is 0.274. The van der Waals surface area contributed by atoms with Gasteiger partial charge in [0.15, 0.2) is 5.15 Å². The quantitative estimate of drug-likeness (QED) is 0.821. The van der Waals surface area contributed by atoms with E-state index in [0.29, 0.717) is 5.15 Å². The van der Waals surface area contributed by atoms with E-state index in [1.807, 2.05) is 0 Å². The molecule has 1 fully saturated rings. The van der Waals surface area contributed by atoms with Gasteiger partial charge in [-0.25, -0.2) is 4.98 Å². The highest BCUT2D eigenvalue weighted by atomic mass is 35.5. The third-order valence-corrected chi connectivity index (χ3v) is 4.51. The van der Waals surface area contributed by atoms with Crippen LogP contribution in [0.25, 0.3) is 0 Å². The topological polar surface area (TPSA) is 40.7 Å². The van der Waals surface area contributed by atoms with Crippen LogP contribution in [0, 0.1) is 0 Å². The molecule has 0 aromatic carbocycles. The van der Waals surface area contributed by atoms with Crippen molar-refractivity contribution in [1.29, 1.82) is 0 Å². The molecule has 19 heavy (non-hydrogen) atoms. The van der Waals surface area contributed by atoms with Crippen molar-refractivity contribution in [2.75, 3.05) is 0 Å². The number of nitrogens with zero attached hydrogens (tertiary/aromatic N) is 1. The Balaban J connectivity index is 1.89. The van der Waals surface area contributed by atoms with Crippen LogP contribution in [-0.2, 0) is 13.0 Å². The van der Waals surface area contributed by atoms with Crippen LogP contribution in [0.2, 0.25) is 5.15 Å². The first kappa shape index (κ1) is 14.9. The monoisotopic (exact) mass is 283 g/mol. The van der Waals surface area contributed by atoms with Gasteiger partial charge in [-0.3, -0.25) is 0 Å². The Kier molecular flexibility index (Phi) is 5.28. The van der Waals surface area contributed by atoms with Gasteiger partial charge in [-0.05, 0) is 26.2 Å². The number of nitrogens with one attached hydrogen (secondary N) is 2. The van der Waals surface area contributed by atoms with Crippen LogP contribution in [0.3, 0.4) is 0 Å². The van der Waals surface area contributed by atoms with Gasteiger partial charge in [-0.2, -0.15) is 0 Å². The molecule has 1 aliphatic carbocycles. The van der Waals surface area contributed by atoms with Crippen LogP contribution in [0.5, 0.6) is 0 Å². The van der Waals surface area contributed by atoms with Crippen molar-refractivity contribution in [1.82, 2.24) is 15.3 Å². The lowest BCUT2D eigenvalue weighted by molar-refractivity contribution is 0.251. The maximum absolute atomic E-state index is 6.20. The van der Waals surface area contributed by atoms with Crippen molar-refractivity contribution >= 4 is 11.6 Å². The molecule has 1 aromatic rings. The second kappa shape index (κ2) is 6.76. The van der Waals surface area contributed by atoms with Gasteiger partial charge in [0.1, 0.15) is 5.82 Å². The summed E-state index contributed by atoms with van der Waals surface area (Å²) >= 11 is 6.20. The van der Waals surface area contributed by atoms with Crippen LogP contribution in [0.15, 0.2) is 0 Å². The van der Waals surface area contributed by atoms with Crippen molar-refractivity contribution in [3.63, 3.8) is 0 Å². The van der Waals surface area contributed by atoms with Crippen LogP contribution in [0.1, 0.15) is 70.3 Å². The van der Waals surface area contributed by atoms with Crippen molar-refractivity contribution < 1.29 is 0 Å². The smallest absolute Gasteiger partial charge is 0.151 e. The van der Waals surface area contributed by atoms with Gasteiger partial charge >= 0.3 is 0 Å². The Hall–Kier alpha value is -0.540. The average molecular weight is 284 g/mol. The first-order valence-electron chi connectivity index (χ1n) is 7.61. The van der Waals surface area contributed by atoms with Gasteiger partial charge in [0.05, 0.1) is 5.69 Å². The van der Waals surface area contributed by atoms with Crippen LogP contribution in [-0.4, -0.2) is 15.5 Å². The van der Waals surface area contributed by atoms with Gasteiger partial charge in [0.2, 0.25) is 0 Å². The lowest BCUT2D eigenvalue weighted by atomic mass is 9.83. The number of imidazole rings is 1. The fourth-order valence-electron chi connectivity index (χ4n) is 2.83. The summed E-state index contributed by atoms with van der Waals surface area (Å²) in [5, 5.41) is 4.31. The number of unbranched alkanes of at least 4 members (excludes halogenated alkanes) is 1. The average Bonchev–Trinajstić information content (AvgIpc) is 2.76. The molecular formula is C15H26ClN3. The molecule has 1 saturated carbocycles. The number of hydrogen-bond acceptors (Lipinski definition) is 2. The predicted molar refractivity (Wildman–Crippen MR) is 80.5 cm³/mol. The van der Waals surface area contributed by atoms with E-state index < -0.39 is 0 Å². The number of rotatable bonds is 6. The summed E-state index contributed by atoms with van der Waals surface area (Å²) in [6, 6.07) is 0. The highest BCUT2D eigenvalue weighted by molar-refractivity contribution is 6.30. The van der Waals surface area contributed by atoms with E-state index in [9.17, 15) is 0 Å². The maximum Gasteiger partial charge on any atom is 0.151 e. The third-order valence-electron chi connectivity index (χ3n) is 4.19. The SMILES string of the molecule is CCCCc1nc(Cl)c(CNC2(C)CCCCC2)[nH]1. The Morgan fingerprint density at radius 3 is 2.74 bits per heavy atom. The van der Waals surface area contributed by atoms with E-state index in [2.05, 4.69) is 29.1 Å². The highest BCUT2D eigenvalue weighted by Crippen LogP contribution is 2.28.